The maximum Gasteiger partial charge on any atom is 0.216 e. The van der Waals surface area contributed by atoms with Gasteiger partial charge in [-0.1, -0.05) is 98.2 Å². The Morgan fingerprint density at radius 3 is 1.50 bits per heavy atom. The van der Waals surface area contributed by atoms with Gasteiger partial charge in [0.2, 0.25) is 10.2 Å². The predicted octanol–water partition coefficient (Wildman–Crippen LogP) is 6.98. The standard InChI is InChI=1S/C10H12OS.C7H6OS.C6H5Cl/c1-7(2)8-5-3-4-6-9(8)10(11)12;8-7(9)6-4-2-1-3-5-6;7-6-4-2-1-3-5-6/h3-7H,1-2H3,(H,11,12);1-5H,(H,8,9);1-5H. The van der Waals surface area contributed by atoms with Gasteiger partial charge in [0.1, 0.15) is 0 Å². The first-order valence-corrected chi connectivity index (χ1v) is 9.91. The van der Waals surface area contributed by atoms with E-state index in [9.17, 15) is 9.59 Å². The Morgan fingerprint density at radius 1 is 0.714 bits per heavy atom. The molecule has 3 aromatic rings. The second-order valence-corrected chi connectivity index (χ2v) is 7.26. The van der Waals surface area contributed by atoms with E-state index in [1.54, 1.807) is 12.1 Å². The number of thiol groups is 2. The molecule has 0 saturated heterocycles. The van der Waals surface area contributed by atoms with E-state index in [4.69, 9.17) is 11.6 Å². The third-order valence-corrected chi connectivity index (χ3v) is 4.32. The van der Waals surface area contributed by atoms with Crippen LogP contribution in [0.2, 0.25) is 5.02 Å². The summed E-state index contributed by atoms with van der Waals surface area (Å²) in [6.07, 6.45) is 0. The number of carbonyl (C=O) groups excluding carboxylic acids is 2. The highest BCUT2D eigenvalue weighted by Crippen LogP contribution is 2.20. The van der Waals surface area contributed by atoms with Crippen molar-refractivity contribution in [2.75, 3.05) is 0 Å². The van der Waals surface area contributed by atoms with Crippen LogP contribution < -0.4 is 0 Å². The van der Waals surface area contributed by atoms with Crippen molar-refractivity contribution in [1.29, 1.82) is 0 Å². The van der Waals surface area contributed by atoms with Gasteiger partial charge in [0.05, 0.1) is 0 Å². The lowest BCUT2D eigenvalue weighted by atomic mass is 9.98. The summed E-state index contributed by atoms with van der Waals surface area (Å²) in [6.45, 7) is 4.13. The van der Waals surface area contributed by atoms with Crippen LogP contribution in [-0.2, 0) is 0 Å². The SMILES string of the molecule is CC(C)c1ccccc1C(=O)S.Clc1ccccc1.O=C(S)c1ccccc1. The van der Waals surface area contributed by atoms with Crippen molar-refractivity contribution in [3.05, 3.63) is 107 Å². The molecule has 0 aliphatic rings. The molecule has 3 aromatic carbocycles. The second kappa shape index (κ2) is 13.2. The molecule has 146 valence electrons. The maximum absolute atomic E-state index is 11.0. The van der Waals surface area contributed by atoms with Crippen molar-refractivity contribution in [3.63, 3.8) is 0 Å². The van der Waals surface area contributed by atoms with E-state index in [-0.39, 0.29) is 10.2 Å². The van der Waals surface area contributed by atoms with Gasteiger partial charge in [0.25, 0.3) is 0 Å². The monoisotopic (exact) mass is 430 g/mol. The van der Waals surface area contributed by atoms with Crippen LogP contribution in [0, 0.1) is 0 Å². The van der Waals surface area contributed by atoms with Crippen LogP contribution in [0.1, 0.15) is 46.0 Å². The van der Waals surface area contributed by atoms with E-state index >= 15 is 0 Å². The van der Waals surface area contributed by atoms with E-state index < -0.39 is 0 Å². The Balaban J connectivity index is 0.000000218. The molecular weight excluding hydrogens is 408 g/mol. The second-order valence-electron chi connectivity index (χ2n) is 6.01. The van der Waals surface area contributed by atoms with Crippen LogP contribution in [-0.4, -0.2) is 10.2 Å². The van der Waals surface area contributed by atoms with Crippen molar-refractivity contribution in [1.82, 2.24) is 0 Å². The summed E-state index contributed by atoms with van der Waals surface area (Å²) in [6, 6.07) is 26.0. The first-order valence-electron chi connectivity index (χ1n) is 8.64. The molecule has 0 N–H and O–H groups in total. The molecular formula is C23H23ClO2S2. The minimum Gasteiger partial charge on any atom is -0.282 e. The molecule has 0 atom stereocenters. The zero-order chi connectivity index (χ0) is 20.9. The fourth-order valence-corrected chi connectivity index (χ4v) is 2.69. The average molecular weight is 431 g/mol. The molecule has 0 unspecified atom stereocenters. The minimum absolute atomic E-state index is 0.153. The van der Waals surface area contributed by atoms with E-state index in [1.165, 1.54) is 0 Å². The fourth-order valence-electron chi connectivity index (χ4n) is 2.19. The lowest BCUT2D eigenvalue weighted by Gasteiger charge is -2.08. The number of halogens is 1. The van der Waals surface area contributed by atoms with Gasteiger partial charge < -0.3 is 0 Å². The maximum atomic E-state index is 11.0. The molecule has 0 heterocycles. The summed E-state index contributed by atoms with van der Waals surface area (Å²) in [5.41, 5.74) is 2.43. The van der Waals surface area contributed by atoms with E-state index in [0.717, 1.165) is 16.1 Å². The Labute approximate surface area is 182 Å². The van der Waals surface area contributed by atoms with Gasteiger partial charge in [-0.25, -0.2) is 0 Å². The third-order valence-electron chi connectivity index (χ3n) is 3.57. The number of hydrogen-bond donors (Lipinski definition) is 2. The van der Waals surface area contributed by atoms with Gasteiger partial charge in [-0.2, -0.15) is 0 Å². The quantitative estimate of drug-likeness (QED) is 0.439. The highest BCUT2D eigenvalue weighted by Gasteiger charge is 2.08. The van der Waals surface area contributed by atoms with Crippen LogP contribution in [0.3, 0.4) is 0 Å². The molecule has 0 amide bonds. The lowest BCUT2D eigenvalue weighted by molar-refractivity contribution is 0.108. The van der Waals surface area contributed by atoms with Gasteiger partial charge in [0, 0.05) is 16.1 Å². The number of rotatable bonds is 3. The van der Waals surface area contributed by atoms with Crippen LogP contribution >= 0.6 is 36.9 Å². The number of hydrogen-bond acceptors (Lipinski definition) is 2. The van der Waals surface area contributed by atoms with Gasteiger partial charge in [-0.05, 0) is 23.6 Å². The molecule has 28 heavy (non-hydrogen) atoms. The molecule has 0 fully saturated rings. The molecule has 3 rings (SSSR count). The normalized spacial score (nSPS) is 9.50. The van der Waals surface area contributed by atoms with Gasteiger partial charge >= 0.3 is 0 Å². The molecule has 0 aliphatic heterocycles. The van der Waals surface area contributed by atoms with E-state index in [2.05, 4.69) is 39.1 Å². The summed E-state index contributed by atoms with van der Waals surface area (Å²) in [5, 5.41) is 0.456. The Morgan fingerprint density at radius 2 is 1.18 bits per heavy atom. The minimum atomic E-state index is -0.185. The first kappa shape index (κ1) is 24.0. The van der Waals surface area contributed by atoms with Crippen molar-refractivity contribution >= 4 is 47.1 Å². The molecule has 2 nitrogen and oxygen atoms in total. The smallest absolute Gasteiger partial charge is 0.216 e. The molecule has 0 radical (unpaired) electrons. The summed E-state index contributed by atoms with van der Waals surface area (Å²) < 4.78 is 0. The largest absolute Gasteiger partial charge is 0.282 e. The highest BCUT2D eigenvalue weighted by molar-refractivity contribution is 7.97. The predicted molar refractivity (Wildman–Crippen MR) is 125 cm³/mol. The molecule has 5 heteroatoms. The van der Waals surface area contributed by atoms with Crippen molar-refractivity contribution < 1.29 is 9.59 Å². The van der Waals surface area contributed by atoms with Crippen LogP contribution in [0.15, 0.2) is 84.9 Å². The molecule has 0 saturated carbocycles. The van der Waals surface area contributed by atoms with Crippen LogP contribution in [0.4, 0.5) is 0 Å². The number of carbonyl (C=O) groups is 2. The van der Waals surface area contributed by atoms with Crippen molar-refractivity contribution in [2.45, 2.75) is 19.8 Å². The van der Waals surface area contributed by atoms with Crippen molar-refractivity contribution in [3.8, 4) is 0 Å². The third kappa shape index (κ3) is 9.27. The summed E-state index contributed by atoms with van der Waals surface area (Å²) in [4.78, 5) is 21.5. The topological polar surface area (TPSA) is 34.1 Å². The van der Waals surface area contributed by atoms with E-state index in [1.807, 2.05) is 72.8 Å². The fraction of sp³-hybridized carbons (Fsp3) is 0.130. The highest BCUT2D eigenvalue weighted by atomic mass is 35.5. The average Bonchev–Trinajstić information content (AvgIpc) is 2.70. The zero-order valence-corrected chi connectivity index (χ0v) is 18.3. The Hall–Kier alpha value is -2.01. The van der Waals surface area contributed by atoms with E-state index in [0.29, 0.717) is 11.5 Å². The van der Waals surface area contributed by atoms with Crippen LogP contribution in [0.5, 0.6) is 0 Å². The zero-order valence-electron chi connectivity index (χ0n) is 15.7. The summed E-state index contributed by atoms with van der Waals surface area (Å²) in [7, 11) is 0. The summed E-state index contributed by atoms with van der Waals surface area (Å²) in [5.74, 6) is 0.372. The first-order chi connectivity index (χ1) is 13.3. The van der Waals surface area contributed by atoms with Gasteiger partial charge in [0.15, 0.2) is 0 Å². The molecule has 0 spiro atoms. The molecule has 0 aliphatic carbocycles. The number of benzene rings is 3. The van der Waals surface area contributed by atoms with Crippen LogP contribution in [0.25, 0.3) is 0 Å². The Bertz CT molecular complexity index is 866. The molecule has 0 aromatic heterocycles. The summed E-state index contributed by atoms with van der Waals surface area (Å²) >= 11 is 13.0. The van der Waals surface area contributed by atoms with Gasteiger partial charge in [-0.3, -0.25) is 9.59 Å². The molecule has 0 bridgehead atoms. The Kier molecular flexibility index (Phi) is 11.3. The van der Waals surface area contributed by atoms with Gasteiger partial charge in [-0.15, -0.1) is 25.3 Å². The van der Waals surface area contributed by atoms with Crippen molar-refractivity contribution in [2.24, 2.45) is 0 Å². The lowest BCUT2D eigenvalue weighted by Crippen LogP contribution is -1.98.